The number of piperidine rings is 4. The van der Waals surface area contributed by atoms with Crippen molar-refractivity contribution in [3.05, 3.63) is 0 Å². The summed E-state index contributed by atoms with van der Waals surface area (Å²) < 4.78 is 5.48. The van der Waals surface area contributed by atoms with E-state index in [1.807, 2.05) is 20.8 Å². The van der Waals surface area contributed by atoms with Gasteiger partial charge in [0.15, 0.2) is 0 Å². The summed E-state index contributed by atoms with van der Waals surface area (Å²) in [6.07, 6.45) is 3.17. The van der Waals surface area contributed by atoms with E-state index in [4.69, 9.17) is 10.5 Å². The van der Waals surface area contributed by atoms with E-state index in [0.29, 0.717) is 18.9 Å². The highest BCUT2D eigenvalue weighted by atomic mass is 16.6. The summed E-state index contributed by atoms with van der Waals surface area (Å²) in [5.74, 6) is 0.344. The zero-order valence-corrected chi connectivity index (χ0v) is 14.7. The van der Waals surface area contributed by atoms with Crippen LogP contribution in [0.15, 0.2) is 0 Å². The van der Waals surface area contributed by atoms with Crippen LogP contribution in [-0.4, -0.2) is 70.5 Å². The van der Waals surface area contributed by atoms with Crippen LogP contribution in [0.25, 0.3) is 0 Å². The van der Waals surface area contributed by atoms with Gasteiger partial charge in [0.2, 0.25) is 0 Å². The second-order valence-corrected chi connectivity index (χ2v) is 8.63. The minimum atomic E-state index is -1.02. The van der Waals surface area contributed by atoms with Gasteiger partial charge in [0.1, 0.15) is 11.2 Å². The van der Waals surface area contributed by atoms with Crippen LogP contribution in [0, 0.1) is 5.92 Å². The summed E-state index contributed by atoms with van der Waals surface area (Å²) in [6, 6.07) is 0. The molecule has 2 unspecified atom stereocenters. The molecule has 2 atom stereocenters. The number of rotatable bonds is 1. The highest BCUT2D eigenvalue weighted by Gasteiger charge is 2.58. The van der Waals surface area contributed by atoms with Gasteiger partial charge < -0.3 is 25.4 Å². The lowest BCUT2D eigenvalue weighted by molar-refractivity contribution is -0.142. The van der Waals surface area contributed by atoms with Crippen molar-refractivity contribution >= 4 is 6.09 Å². The first-order valence-electron chi connectivity index (χ1n) is 8.85. The summed E-state index contributed by atoms with van der Waals surface area (Å²) in [7, 11) is 0. The molecule has 6 heteroatoms. The predicted octanol–water partition coefficient (Wildman–Crippen LogP) is 1.17. The quantitative estimate of drug-likeness (QED) is 0.757. The zero-order chi connectivity index (χ0) is 16.9. The van der Waals surface area contributed by atoms with Crippen molar-refractivity contribution in [2.45, 2.75) is 63.2 Å². The fourth-order valence-corrected chi connectivity index (χ4v) is 4.53. The number of aliphatic hydroxyl groups is 1. The molecule has 132 valence electrons. The fraction of sp³-hybridized carbons (Fsp3) is 0.941. The maximum atomic E-state index is 12.4. The van der Waals surface area contributed by atoms with Gasteiger partial charge in [-0.1, -0.05) is 0 Å². The van der Waals surface area contributed by atoms with Gasteiger partial charge in [0.25, 0.3) is 0 Å². The Labute approximate surface area is 138 Å². The summed E-state index contributed by atoms with van der Waals surface area (Å²) in [4.78, 5) is 16.4. The van der Waals surface area contributed by atoms with Crippen molar-refractivity contribution in [3.8, 4) is 0 Å². The molecule has 4 aliphatic rings. The molecule has 3 N–H and O–H groups in total. The fourth-order valence-electron chi connectivity index (χ4n) is 4.53. The summed E-state index contributed by atoms with van der Waals surface area (Å²) in [6.45, 7) is 9.38. The number of fused-ring (bicyclic) bond motifs is 3. The first-order valence-corrected chi connectivity index (χ1v) is 8.85. The maximum Gasteiger partial charge on any atom is 0.410 e. The number of β-amino-alcohol motifs (C(OH)–C–C–N with tert-alkyl or cyclic N) is 1. The molecule has 4 rings (SSSR count). The topological polar surface area (TPSA) is 79.0 Å². The molecule has 0 aromatic rings. The highest BCUT2D eigenvalue weighted by molar-refractivity contribution is 5.68. The van der Waals surface area contributed by atoms with Crippen molar-refractivity contribution in [3.63, 3.8) is 0 Å². The summed E-state index contributed by atoms with van der Waals surface area (Å²) in [5.41, 5.74) is 4.60. The first-order chi connectivity index (χ1) is 10.6. The van der Waals surface area contributed by atoms with Crippen LogP contribution in [0.4, 0.5) is 4.79 Å². The molecule has 4 saturated heterocycles. The van der Waals surface area contributed by atoms with Gasteiger partial charge in [-0.25, -0.2) is 4.79 Å². The molecule has 4 heterocycles. The second kappa shape index (κ2) is 5.60. The first kappa shape index (κ1) is 17.0. The lowest BCUT2D eigenvalue weighted by atomic mass is 9.62. The standard InChI is InChI=1S/C17H31N3O3/c1-15(2,3)23-14(21)20-8-4-7-16(22,11-20)17(18)12-19-9-5-13(17)6-10-19/h13,22H,4-12,18H2,1-3H3. The van der Waals surface area contributed by atoms with Gasteiger partial charge in [0.05, 0.1) is 12.1 Å². The smallest absolute Gasteiger partial charge is 0.410 e. The Kier molecular flexibility index (Phi) is 4.14. The molecule has 1 amide bonds. The van der Waals surface area contributed by atoms with Crippen LogP contribution in [-0.2, 0) is 4.74 Å². The van der Waals surface area contributed by atoms with Crippen molar-refractivity contribution in [1.82, 2.24) is 9.80 Å². The van der Waals surface area contributed by atoms with E-state index >= 15 is 0 Å². The third-order valence-corrected chi connectivity index (χ3v) is 5.79. The van der Waals surface area contributed by atoms with E-state index in [-0.39, 0.29) is 12.6 Å². The number of hydrogen-bond donors (Lipinski definition) is 2. The van der Waals surface area contributed by atoms with Gasteiger partial charge in [-0.05, 0) is 65.5 Å². The van der Waals surface area contributed by atoms with E-state index in [1.54, 1.807) is 4.90 Å². The number of amides is 1. The molecular weight excluding hydrogens is 294 g/mol. The van der Waals surface area contributed by atoms with Gasteiger partial charge >= 0.3 is 6.09 Å². The van der Waals surface area contributed by atoms with Crippen molar-refractivity contribution < 1.29 is 14.6 Å². The normalized spacial score (nSPS) is 41.0. The lowest BCUT2D eigenvalue weighted by Gasteiger charge is -2.59. The Bertz CT molecular complexity index is 470. The number of nitrogens with two attached hydrogens (primary N) is 1. The molecule has 0 aliphatic carbocycles. The monoisotopic (exact) mass is 325 g/mol. The Balaban J connectivity index is 1.75. The molecule has 4 aliphatic heterocycles. The van der Waals surface area contributed by atoms with E-state index in [2.05, 4.69) is 4.90 Å². The zero-order valence-electron chi connectivity index (χ0n) is 14.7. The average molecular weight is 325 g/mol. The molecule has 0 saturated carbocycles. The molecule has 23 heavy (non-hydrogen) atoms. The van der Waals surface area contributed by atoms with E-state index in [1.165, 1.54) is 0 Å². The number of nitrogens with zero attached hydrogens (tertiary/aromatic N) is 2. The Morgan fingerprint density at radius 3 is 2.39 bits per heavy atom. The summed E-state index contributed by atoms with van der Waals surface area (Å²) in [5, 5.41) is 11.4. The molecule has 0 aromatic heterocycles. The molecule has 2 bridgehead atoms. The average Bonchev–Trinajstić information content (AvgIpc) is 2.46. The van der Waals surface area contributed by atoms with Gasteiger partial charge in [-0.15, -0.1) is 0 Å². The van der Waals surface area contributed by atoms with Crippen molar-refractivity contribution in [2.24, 2.45) is 11.7 Å². The molecule has 0 radical (unpaired) electrons. The SMILES string of the molecule is CC(C)(C)OC(=O)N1CCCC(O)(C2(N)CN3CCC2CC3)C1. The van der Waals surface area contributed by atoms with Crippen molar-refractivity contribution in [2.75, 3.05) is 32.7 Å². The van der Waals surface area contributed by atoms with Gasteiger partial charge in [-0.2, -0.15) is 0 Å². The van der Waals surface area contributed by atoms with E-state index < -0.39 is 16.7 Å². The highest BCUT2D eigenvalue weighted by Crippen LogP contribution is 2.44. The molecule has 0 aromatic carbocycles. The van der Waals surface area contributed by atoms with Crippen LogP contribution in [0.5, 0.6) is 0 Å². The lowest BCUT2D eigenvalue weighted by Crippen LogP contribution is -2.77. The van der Waals surface area contributed by atoms with Crippen LogP contribution >= 0.6 is 0 Å². The maximum absolute atomic E-state index is 12.4. The number of carbonyl (C=O) groups is 1. The van der Waals surface area contributed by atoms with Gasteiger partial charge in [-0.3, -0.25) is 0 Å². The van der Waals surface area contributed by atoms with Crippen LogP contribution in [0.1, 0.15) is 46.5 Å². The third-order valence-electron chi connectivity index (χ3n) is 5.79. The van der Waals surface area contributed by atoms with E-state index in [0.717, 1.165) is 38.9 Å². The molecular formula is C17H31N3O3. The number of ether oxygens (including phenoxy) is 1. The minimum Gasteiger partial charge on any atom is -0.444 e. The Morgan fingerprint density at radius 2 is 1.87 bits per heavy atom. The molecule has 4 fully saturated rings. The Morgan fingerprint density at radius 1 is 1.22 bits per heavy atom. The summed E-state index contributed by atoms with van der Waals surface area (Å²) >= 11 is 0. The predicted molar refractivity (Wildman–Crippen MR) is 88.1 cm³/mol. The van der Waals surface area contributed by atoms with Crippen molar-refractivity contribution in [1.29, 1.82) is 0 Å². The van der Waals surface area contributed by atoms with Crippen LogP contribution < -0.4 is 5.73 Å². The number of likely N-dealkylation sites (tertiary alicyclic amines) is 1. The van der Waals surface area contributed by atoms with Crippen LogP contribution in [0.3, 0.4) is 0 Å². The largest absolute Gasteiger partial charge is 0.444 e. The molecule has 6 nitrogen and oxygen atoms in total. The number of hydrogen-bond acceptors (Lipinski definition) is 5. The third kappa shape index (κ3) is 3.08. The Hall–Kier alpha value is -0.850. The minimum absolute atomic E-state index is 0.281. The van der Waals surface area contributed by atoms with E-state index in [9.17, 15) is 9.90 Å². The number of carbonyl (C=O) groups excluding carboxylic acids is 1. The molecule has 0 spiro atoms. The second-order valence-electron chi connectivity index (χ2n) is 8.63. The van der Waals surface area contributed by atoms with Crippen LogP contribution in [0.2, 0.25) is 0 Å². The van der Waals surface area contributed by atoms with Gasteiger partial charge in [0, 0.05) is 13.1 Å².